The summed E-state index contributed by atoms with van der Waals surface area (Å²) < 4.78 is 59.0. The van der Waals surface area contributed by atoms with Crippen molar-refractivity contribution >= 4 is 34.0 Å². The molecule has 1 aromatic heterocycles. The van der Waals surface area contributed by atoms with Gasteiger partial charge in [0.1, 0.15) is 11.6 Å². The number of aromatic nitrogens is 1. The van der Waals surface area contributed by atoms with E-state index in [1.54, 1.807) is 0 Å². The molecular formula is C24H20F4N4O2S. The van der Waals surface area contributed by atoms with Crippen LogP contribution < -0.4 is 11.1 Å². The number of carbonyl (C=O) groups excluding carboxylic acids is 2. The van der Waals surface area contributed by atoms with Gasteiger partial charge in [-0.3, -0.25) is 9.59 Å². The summed E-state index contributed by atoms with van der Waals surface area (Å²) in [6.07, 6.45) is 1.32. The summed E-state index contributed by atoms with van der Waals surface area (Å²) in [5.74, 6) is -8.30. The first-order chi connectivity index (χ1) is 16.6. The van der Waals surface area contributed by atoms with Gasteiger partial charge in [0.2, 0.25) is 0 Å². The highest BCUT2D eigenvalue weighted by atomic mass is 32.1. The molecule has 2 amide bonds. The average molecular weight is 505 g/mol. The second-order valence-corrected chi connectivity index (χ2v) is 9.78. The number of hydrogen-bond donors (Lipinski definition) is 2. The highest BCUT2D eigenvalue weighted by Gasteiger charge is 2.54. The van der Waals surface area contributed by atoms with E-state index < -0.39 is 47.0 Å². The topological polar surface area (TPSA) is 88.3 Å². The number of nitrogens with zero attached hydrogens (tertiary/aromatic N) is 2. The maximum Gasteiger partial charge on any atom is 0.352 e. The summed E-state index contributed by atoms with van der Waals surface area (Å²) in [7, 11) is 0. The Bertz CT molecular complexity index is 1360. The predicted molar refractivity (Wildman–Crippen MR) is 122 cm³/mol. The highest BCUT2D eigenvalue weighted by Crippen LogP contribution is 2.49. The first kappa shape index (κ1) is 23.3. The van der Waals surface area contributed by atoms with Crippen molar-refractivity contribution in [2.24, 2.45) is 0 Å². The third kappa shape index (κ3) is 3.93. The lowest BCUT2D eigenvalue weighted by molar-refractivity contribution is -0.163. The average Bonchev–Trinajstić information content (AvgIpc) is 3.35. The Balaban J connectivity index is 1.43. The molecule has 3 aromatic rings. The van der Waals surface area contributed by atoms with Crippen molar-refractivity contribution in [3.63, 3.8) is 0 Å². The molecule has 2 atom stereocenters. The minimum atomic E-state index is -4.21. The predicted octanol–water partition coefficient (Wildman–Crippen LogP) is 4.94. The van der Waals surface area contributed by atoms with E-state index in [0.717, 1.165) is 23.1 Å². The van der Waals surface area contributed by atoms with Crippen LogP contribution in [0.2, 0.25) is 0 Å². The molecule has 1 saturated heterocycles. The fourth-order valence-electron chi connectivity index (χ4n) is 4.77. The number of halogens is 4. The molecule has 2 aliphatic rings. The van der Waals surface area contributed by atoms with E-state index in [4.69, 9.17) is 5.73 Å². The van der Waals surface area contributed by atoms with Crippen LogP contribution in [0.3, 0.4) is 0 Å². The van der Waals surface area contributed by atoms with Gasteiger partial charge in [-0.15, -0.1) is 0 Å². The van der Waals surface area contributed by atoms with Crippen LogP contribution in [0.4, 0.5) is 28.4 Å². The number of fused-ring (bicyclic) bond motifs is 4. The first-order valence-electron chi connectivity index (χ1n) is 10.9. The monoisotopic (exact) mass is 504 g/mol. The van der Waals surface area contributed by atoms with E-state index in [-0.39, 0.29) is 16.8 Å². The number of nitrogens with two attached hydrogens (primary N) is 1. The fraction of sp³-hybridized carbons (Fsp3) is 0.292. The number of rotatable bonds is 4. The number of carbonyl (C=O) groups is 2. The van der Waals surface area contributed by atoms with Crippen molar-refractivity contribution in [3.05, 3.63) is 75.3 Å². The van der Waals surface area contributed by atoms with Crippen LogP contribution in [-0.4, -0.2) is 27.7 Å². The Kier molecular flexibility index (Phi) is 5.54. The second kappa shape index (κ2) is 8.33. The van der Waals surface area contributed by atoms with Gasteiger partial charge in [0, 0.05) is 23.7 Å². The zero-order chi connectivity index (χ0) is 25.1. The molecule has 182 valence electrons. The Morgan fingerprint density at radius 2 is 1.89 bits per heavy atom. The van der Waals surface area contributed by atoms with Gasteiger partial charge in [-0.1, -0.05) is 11.3 Å². The second-order valence-electron chi connectivity index (χ2n) is 8.71. The quantitative estimate of drug-likeness (QED) is 0.493. The molecule has 2 aliphatic heterocycles. The van der Waals surface area contributed by atoms with Crippen LogP contribution in [0.1, 0.15) is 50.9 Å². The van der Waals surface area contributed by atoms with E-state index in [1.165, 1.54) is 30.4 Å². The molecule has 0 radical (unpaired) electrons. The van der Waals surface area contributed by atoms with E-state index in [1.807, 2.05) is 0 Å². The summed E-state index contributed by atoms with van der Waals surface area (Å²) >= 11 is 1.17. The summed E-state index contributed by atoms with van der Waals surface area (Å²) in [5.41, 5.74) is 5.56. The molecule has 6 nitrogen and oxygen atoms in total. The third-order valence-electron chi connectivity index (χ3n) is 6.46. The molecule has 2 aromatic carbocycles. The summed E-state index contributed by atoms with van der Waals surface area (Å²) in [4.78, 5) is 31.8. The van der Waals surface area contributed by atoms with Gasteiger partial charge in [0.05, 0.1) is 22.2 Å². The van der Waals surface area contributed by atoms with Gasteiger partial charge in [-0.2, -0.15) is 8.78 Å². The number of hydrogen-bond acceptors (Lipinski definition) is 5. The van der Waals surface area contributed by atoms with Gasteiger partial charge in [0.25, 0.3) is 11.8 Å². The smallest absolute Gasteiger partial charge is 0.352 e. The lowest BCUT2D eigenvalue weighted by Crippen LogP contribution is -2.48. The molecule has 0 unspecified atom stereocenters. The van der Waals surface area contributed by atoms with Crippen LogP contribution in [0.15, 0.2) is 36.4 Å². The van der Waals surface area contributed by atoms with Crippen LogP contribution >= 0.6 is 11.3 Å². The molecule has 3 heterocycles. The van der Waals surface area contributed by atoms with Gasteiger partial charge in [-0.25, -0.2) is 13.8 Å². The van der Waals surface area contributed by atoms with E-state index in [0.29, 0.717) is 41.0 Å². The maximum atomic E-state index is 15.5. The first-order valence-corrected chi connectivity index (χ1v) is 11.7. The van der Waals surface area contributed by atoms with Crippen LogP contribution in [0.5, 0.6) is 0 Å². The molecule has 11 heteroatoms. The minimum absolute atomic E-state index is 0.243. The number of anilines is 2. The van der Waals surface area contributed by atoms with Gasteiger partial charge in [-0.05, 0) is 61.7 Å². The molecular weight excluding hydrogens is 484 g/mol. The number of amides is 2. The maximum absolute atomic E-state index is 15.5. The molecule has 0 spiro atoms. The number of benzene rings is 2. The fourth-order valence-corrected chi connectivity index (χ4v) is 5.77. The van der Waals surface area contributed by atoms with Gasteiger partial charge in [0.15, 0.2) is 5.13 Å². The highest BCUT2D eigenvalue weighted by molar-refractivity contribution is 7.15. The zero-order valence-electron chi connectivity index (χ0n) is 18.4. The summed E-state index contributed by atoms with van der Waals surface area (Å²) in [6.45, 7) is 1.50. The van der Waals surface area contributed by atoms with E-state index in [2.05, 4.69) is 10.3 Å². The van der Waals surface area contributed by atoms with Crippen LogP contribution in [0.25, 0.3) is 0 Å². The van der Waals surface area contributed by atoms with Gasteiger partial charge >= 0.3 is 5.92 Å². The number of alkyl halides is 2. The van der Waals surface area contributed by atoms with Crippen molar-refractivity contribution in [2.75, 3.05) is 11.1 Å². The largest absolute Gasteiger partial charge is 0.375 e. The standard InChI is InChI=1S/C24H20F4N4O2S/c1-11-8-13(3-6-16(11)25)30-21(33)12-2-5-17(26)15(9-12)24(27,28)22(34)32-14-4-7-19(32)20-18(10-14)31-23(29)35-20/h2-3,5-6,8-9,14,19H,4,7,10H2,1H3,(H2,29,31)(H,30,33)/t14-,19+/m1/s1. The molecule has 3 N–H and O–H groups in total. The number of nitrogen functional groups attached to an aromatic ring is 1. The van der Waals surface area contributed by atoms with Crippen molar-refractivity contribution in [1.29, 1.82) is 0 Å². The Morgan fingerprint density at radius 3 is 2.63 bits per heavy atom. The van der Waals surface area contributed by atoms with Crippen LogP contribution in [0, 0.1) is 18.6 Å². The van der Waals surface area contributed by atoms with Crippen molar-refractivity contribution in [1.82, 2.24) is 9.88 Å². The minimum Gasteiger partial charge on any atom is -0.375 e. The molecule has 2 bridgehead atoms. The normalized spacial score (nSPS) is 18.9. The number of nitrogens with one attached hydrogen (secondary N) is 1. The number of thiazole rings is 1. The Labute approximate surface area is 201 Å². The Hall–Kier alpha value is -3.47. The van der Waals surface area contributed by atoms with Crippen molar-refractivity contribution in [2.45, 2.75) is 44.2 Å². The SMILES string of the molecule is Cc1cc(NC(=O)c2ccc(F)c(C(F)(F)C(=O)N3[C@@H]4CC[C@H]3c3sc(N)nc3C4)c2)ccc1F. The molecule has 1 fully saturated rings. The number of aryl methyl sites for hydroxylation is 1. The van der Waals surface area contributed by atoms with Gasteiger partial charge < -0.3 is 16.0 Å². The van der Waals surface area contributed by atoms with E-state index in [9.17, 15) is 18.4 Å². The Morgan fingerprint density at radius 1 is 1.14 bits per heavy atom. The zero-order valence-corrected chi connectivity index (χ0v) is 19.3. The van der Waals surface area contributed by atoms with Crippen molar-refractivity contribution in [3.8, 4) is 0 Å². The lowest BCUT2D eigenvalue weighted by atomic mass is 9.99. The van der Waals surface area contributed by atoms with Crippen LogP contribution in [-0.2, 0) is 17.1 Å². The third-order valence-corrected chi connectivity index (χ3v) is 7.49. The lowest BCUT2D eigenvalue weighted by Gasteiger charge is -2.36. The summed E-state index contributed by atoms with van der Waals surface area (Å²) in [5, 5.41) is 2.78. The molecule has 35 heavy (non-hydrogen) atoms. The molecule has 0 saturated carbocycles. The molecule has 5 rings (SSSR count). The van der Waals surface area contributed by atoms with E-state index >= 15 is 8.78 Å². The summed E-state index contributed by atoms with van der Waals surface area (Å²) in [6, 6.07) is 5.23. The molecule has 0 aliphatic carbocycles. The van der Waals surface area contributed by atoms with Crippen molar-refractivity contribution < 1.29 is 27.2 Å².